The quantitative estimate of drug-likeness (QED) is 0.614. The summed E-state index contributed by atoms with van der Waals surface area (Å²) in [4.78, 5) is 21.0. The number of ether oxygens (including phenoxy) is 1. The number of halogens is 1. The van der Waals surface area contributed by atoms with Gasteiger partial charge >= 0.3 is 5.97 Å². The Morgan fingerprint density at radius 2 is 2.13 bits per heavy atom. The predicted octanol–water partition coefficient (Wildman–Crippen LogP) is 1.08. The number of esters is 1. The first-order valence-corrected chi connectivity index (χ1v) is 5.47. The number of anilines is 1. The van der Waals surface area contributed by atoms with Gasteiger partial charge in [0.05, 0.1) is 13.5 Å². The molecule has 0 fully saturated rings. The van der Waals surface area contributed by atoms with Crippen LogP contribution in [0.15, 0.2) is 12.4 Å². The Morgan fingerprint density at radius 3 is 2.67 bits per heavy atom. The van der Waals surface area contributed by atoms with Crippen molar-refractivity contribution in [2.75, 3.05) is 25.6 Å². The van der Waals surface area contributed by atoms with E-state index in [9.17, 15) is 4.79 Å². The minimum absolute atomic E-state index is 0.229. The van der Waals surface area contributed by atoms with Crippen LogP contribution in [0.25, 0.3) is 0 Å². The first-order valence-electron chi connectivity index (χ1n) is 4.39. The number of methoxy groups -OCH3 is 1. The molecule has 1 aromatic heterocycles. The monoisotopic (exact) mass is 321 g/mol. The van der Waals surface area contributed by atoms with Gasteiger partial charge in [0.1, 0.15) is 0 Å². The molecule has 1 heterocycles. The summed E-state index contributed by atoms with van der Waals surface area (Å²) in [7, 11) is 3.22. The van der Waals surface area contributed by atoms with Gasteiger partial charge in [-0.15, -0.1) is 0 Å². The molecule has 0 amide bonds. The molecule has 82 valence electrons. The zero-order chi connectivity index (χ0) is 11.3. The molecule has 0 saturated heterocycles. The zero-order valence-corrected chi connectivity index (χ0v) is 10.8. The molecule has 0 aliphatic heterocycles. The fraction of sp³-hybridized carbons (Fsp3) is 0.444. The van der Waals surface area contributed by atoms with Crippen molar-refractivity contribution in [3.05, 3.63) is 16.0 Å². The molecule has 0 N–H and O–H groups in total. The predicted molar refractivity (Wildman–Crippen MR) is 64.7 cm³/mol. The van der Waals surface area contributed by atoms with E-state index in [4.69, 9.17) is 0 Å². The molecule has 0 aromatic carbocycles. The van der Waals surface area contributed by atoms with Crippen LogP contribution >= 0.6 is 22.6 Å². The van der Waals surface area contributed by atoms with E-state index in [0.717, 1.165) is 3.57 Å². The van der Waals surface area contributed by atoms with Crippen LogP contribution in [0.5, 0.6) is 0 Å². The molecule has 0 bridgehead atoms. The Labute approximate surface area is 102 Å². The molecule has 0 radical (unpaired) electrons. The maximum absolute atomic E-state index is 10.9. The van der Waals surface area contributed by atoms with Crippen molar-refractivity contribution in [3.63, 3.8) is 0 Å². The van der Waals surface area contributed by atoms with Crippen LogP contribution in [0.4, 0.5) is 5.95 Å². The Balaban J connectivity index is 2.50. The van der Waals surface area contributed by atoms with Crippen molar-refractivity contribution in [3.8, 4) is 0 Å². The maximum atomic E-state index is 10.9. The lowest BCUT2D eigenvalue weighted by atomic mass is 10.4. The maximum Gasteiger partial charge on any atom is 0.307 e. The molecule has 0 atom stereocenters. The summed E-state index contributed by atoms with van der Waals surface area (Å²) in [6.07, 6.45) is 3.80. The van der Waals surface area contributed by atoms with Crippen molar-refractivity contribution >= 4 is 34.5 Å². The van der Waals surface area contributed by atoms with Crippen LogP contribution in [-0.4, -0.2) is 36.6 Å². The number of hydrogen-bond donors (Lipinski definition) is 0. The van der Waals surface area contributed by atoms with E-state index in [0.29, 0.717) is 18.9 Å². The normalized spacial score (nSPS) is 9.80. The van der Waals surface area contributed by atoms with Gasteiger partial charge in [0.25, 0.3) is 0 Å². The SMILES string of the molecule is COC(=O)CCN(C)c1ncc(I)cn1. The van der Waals surface area contributed by atoms with Crippen LogP contribution in [0, 0.1) is 3.57 Å². The smallest absolute Gasteiger partial charge is 0.307 e. The zero-order valence-electron chi connectivity index (χ0n) is 8.61. The number of carbonyl (C=O) groups excluding carboxylic acids is 1. The van der Waals surface area contributed by atoms with Crippen molar-refractivity contribution in [1.82, 2.24) is 9.97 Å². The lowest BCUT2D eigenvalue weighted by Crippen LogP contribution is -2.23. The summed E-state index contributed by atoms with van der Waals surface area (Å²) in [5.41, 5.74) is 0. The molecule has 6 heteroatoms. The molecule has 0 unspecified atom stereocenters. The van der Waals surface area contributed by atoms with Crippen molar-refractivity contribution in [2.24, 2.45) is 0 Å². The van der Waals surface area contributed by atoms with Crippen molar-refractivity contribution in [1.29, 1.82) is 0 Å². The average Bonchev–Trinajstić information content (AvgIpc) is 2.26. The Hall–Kier alpha value is -0.920. The second kappa shape index (κ2) is 5.84. The third-order valence-electron chi connectivity index (χ3n) is 1.83. The number of nitrogens with zero attached hydrogens (tertiary/aromatic N) is 3. The Kier molecular flexibility index (Phi) is 4.73. The lowest BCUT2D eigenvalue weighted by Gasteiger charge is -2.15. The van der Waals surface area contributed by atoms with Gasteiger partial charge < -0.3 is 9.64 Å². The van der Waals surface area contributed by atoms with Crippen molar-refractivity contribution in [2.45, 2.75) is 6.42 Å². The Bertz CT molecular complexity index is 329. The van der Waals surface area contributed by atoms with E-state index in [1.807, 2.05) is 11.9 Å². The second-order valence-corrected chi connectivity index (χ2v) is 4.19. The molecule has 1 aromatic rings. The molecule has 0 saturated carbocycles. The molecule has 5 nitrogen and oxygen atoms in total. The van der Waals surface area contributed by atoms with Gasteiger partial charge in [-0.05, 0) is 22.6 Å². The van der Waals surface area contributed by atoms with Gasteiger partial charge in [0.15, 0.2) is 0 Å². The summed E-state index contributed by atoms with van der Waals surface area (Å²) < 4.78 is 5.53. The second-order valence-electron chi connectivity index (χ2n) is 2.95. The fourth-order valence-electron chi connectivity index (χ4n) is 0.964. The lowest BCUT2D eigenvalue weighted by molar-refractivity contribution is -0.140. The highest BCUT2D eigenvalue weighted by molar-refractivity contribution is 14.1. The van der Waals surface area contributed by atoms with Crippen LogP contribution in [0.1, 0.15) is 6.42 Å². The molecule has 0 spiro atoms. The van der Waals surface area contributed by atoms with Crippen molar-refractivity contribution < 1.29 is 9.53 Å². The molecule has 1 rings (SSSR count). The van der Waals surface area contributed by atoms with Crippen LogP contribution in [0.3, 0.4) is 0 Å². The first-order chi connectivity index (χ1) is 7.13. The molecule has 15 heavy (non-hydrogen) atoms. The highest BCUT2D eigenvalue weighted by Gasteiger charge is 2.06. The third kappa shape index (κ3) is 3.98. The van der Waals surface area contributed by atoms with E-state index >= 15 is 0 Å². The Morgan fingerprint density at radius 1 is 1.53 bits per heavy atom. The van der Waals surface area contributed by atoms with E-state index < -0.39 is 0 Å². The van der Waals surface area contributed by atoms with Gasteiger partial charge in [-0.2, -0.15) is 0 Å². The molecular weight excluding hydrogens is 309 g/mol. The number of aromatic nitrogens is 2. The fourth-order valence-corrected chi connectivity index (χ4v) is 1.24. The van der Waals surface area contributed by atoms with Gasteiger partial charge in [-0.3, -0.25) is 4.79 Å². The molecule has 0 aliphatic carbocycles. The highest BCUT2D eigenvalue weighted by Crippen LogP contribution is 2.07. The minimum atomic E-state index is -0.229. The third-order valence-corrected chi connectivity index (χ3v) is 2.38. The summed E-state index contributed by atoms with van der Waals surface area (Å²) in [6, 6.07) is 0. The first kappa shape index (κ1) is 12.2. The summed E-state index contributed by atoms with van der Waals surface area (Å²) in [5.74, 6) is 0.381. The standard InChI is InChI=1S/C9H12IN3O2/c1-13(4-3-8(14)15-2)9-11-5-7(10)6-12-9/h5-6H,3-4H2,1-2H3. The van der Waals surface area contributed by atoms with E-state index in [-0.39, 0.29) is 5.97 Å². The number of rotatable bonds is 4. The average molecular weight is 321 g/mol. The largest absolute Gasteiger partial charge is 0.469 e. The van der Waals surface area contributed by atoms with E-state index in [1.165, 1.54) is 7.11 Å². The van der Waals surface area contributed by atoms with Gasteiger partial charge in [0.2, 0.25) is 5.95 Å². The van der Waals surface area contributed by atoms with E-state index in [2.05, 4.69) is 37.3 Å². The molecular formula is C9H12IN3O2. The summed E-state index contributed by atoms with van der Waals surface area (Å²) >= 11 is 2.14. The van der Waals surface area contributed by atoms with E-state index in [1.54, 1.807) is 12.4 Å². The topological polar surface area (TPSA) is 55.3 Å². The number of carbonyl (C=O) groups is 1. The highest BCUT2D eigenvalue weighted by atomic mass is 127. The summed E-state index contributed by atoms with van der Waals surface area (Å²) in [6.45, 7) is 0.549. The molecule has 0 aliphatic rings. The number of hydrogen-bond acceptors (Lipinski definition) is 5. The summed E-state index contributed by atoms with van der Waals surface area (Å²) in [5, 5.41) is 0. The van der Waals surface area contributed by atoms with Crippen LogP contribution in [0.2, 0.25) is 0 Å². The van der Waals surface area contributed by atoms with Crippen LogP contribution < -0.4 is 4.90 Å². The van der Waals surface area contributed by atoms with Gasteiger partial charge in [0, 0.05) is 29.6 Å². The van der Waals surface area contributed by atoms with Gasteiger partial charge in [-0.25, -0.2) is 9.97 Å². The van der Waals surface area contributed by atoms with Gasteiger partial charge in [-0.1, -0.05) is 0 Å². The minimum Gasteiger partial charge on any atom is -0.469 e. The van der Waals surface area contributed by atoms with Crippen LogP contribution in [-0.2, 0) is 9.53 Å².